The highest BCUT2D eigenvalue weighted by molar-refractivity contribution is 5.61. The van der Waals surface area contributed by atoms with Gasteiger partial charge in [-0.3, -0.25) is 0 Å². The number of hydrogen-bond acceptors (Lipinski definition) is 1. The van der Waals surface area contributed by atoms with Crippen molar-refractivity contribution in [2.24, 2.45) is 0 Å². The molecule has 0 amide bonds. The number of nitrogens with one attached hydrogen (secondary N) is 2. The van der Waals surface area contributed by atoms with Gasteiger partial charge < -0.3 is 10.3 Å². The van der Waals surface area contributed by atoms with E-state index in [4.69, 9.17) is 0 Å². The summed E-state index contributed by atoms with van der Waals surface area (Å²) in [6, 6.07) is 5.40. The van der Waals surface area contributed by atoms with Gasteiger partial charge in [0.15, 0.2) is 0 Å². The van der Waals surface area contributed by atoms with E-state index in [1.54, 1.807) is 6.20 Å². The Morgan fingerprint density at radius 1 is 1.25 bits per heavy atom. The van der Waals surface area contributed by atoms with Crippen molar-refractivity contribution in [3.05, 3.63) is 47.7 Å². The average Bonchev–Trinajstić information content (AvgIpc) is 2.67. The van der Waals surface area contributed by atoms with E-state index in [1.807, 2.05) is 13.1 Å². The molecule has 1 heterocycles. The maximum atomic E-state index is 13.5. The number of hydrogen-bond donors (Lipinski definition) is 2. The third-order valence-corrected chi connectivity index (χ3v) is 2.35. The molecule has 0 radical (unpaired) electrons. The summed E-state index contributed by atoms with van der Waals surface area (Å²) in [5.74, 6) is -1.12. The van der Waals surface area contributed by atoms with Crippen LogP contribution in [0.3, 0.4) is 0 Å². The molecule has 0 atom stereocenters. The Morgan fingerprint density at radius 3 is 2.75 bits per heavy atom. The van der Waals surface area contributed by atoms with Crippen LogP contribution < -0.4 is 5.32 Å². The minimum atomic E-state index is -0.566. The normalized spacial score (nSPS) is 10.7. The number of H-pyrrole nitrogens is 1. The Hall–Kier alpha value is -1.68. The van der Waals surface area contributed by atoms with Gasteiger partial charge in [0.05, 0.1) is 0 Å². The van der Waals surface area contributed by atoms with Crippen LogP contribution in [0.15, 0.2) is 30.5 Å². The molecule has 0 fully saturated rings. The number of aromatic nitrogens is 1. The van der Waals surface area contributed by atoms with Gasteiger partial charge in [-0.05, 0) is 30.8 Å². The molecule has 2 aromatic rings. The molecular formula is C12H12F2N2. The molecule has 16 heavy (non-hydrogen) atoms. The van der Waals surface area contributed by atoms with Crippen LogP contribution in [0.5, 0.6) is 0 Å². The second-order valence-corrected chi connectivity index (χ2v) is 3.58. The van der Waals surface area contributed by atoms with Gasteiger partial charge in [-0.2, -0.15) is 0 Å². The lowest BCUT2D eigenvalue weighted by atomic mass is 10.1. The highest BCUT2D eigenvalue weighted by atomic mass is 19.1. The molecule has 2 N–H and O–H groups in total. The van der Waals surface area contributed by atoms with Gasteiger partial charge in [0.25, 0.3) is 0 Å². The molecule has 1 aromatic carbocycles. The first-order chi connectivity index (χ1) is 7.70. The summed E-state index contributed by atoms with van der Waals surface area (Å²) in [4.78, 5) is 2.96. The molecule has 4 heteroatoms. The van der Waals surface area contributed by atoms with Gasteiger partial charge in [-0.25, -0.2) is 8.78 Å². The van der Waals surface area contributed by atoms with Gasteiger partial charge in [0.2, 0.25) is 0 Å². The van der Waals surface area contributed by atoms with Crippen LogP contribution in [0, 0.1) is 11.6 Å². The Bertz CT molecular complexity index is 492. The summed E-state index contributed by atoms with van der Waals surface area (Å²) < 4.78 is 26.2. The first kappa shape index (κ1) is 10.8. The topological polar surface area (TPSA) is 27.8 Å². The zero-order valence-electron chi connectivity index (χ0n) is 8.85. The third kappa shape index (κ3) is 2.12. The van der Waals surface area contributed by atoms with Gasteiger partial charge in [-0.1, -0.05) is 0 Å². The highest BCUT2D eigenvalue weighted by Crippen LogP contribution is 2.22. The van der Waals surface area contributed by atoms with Crippen LogP contribution in [0.25, 0.3) is 11.3 Å². The second kappa shape index (κ2) is 4.45. The number of benzene rings is 1. The molecule has 0 bridgehead atoms. The second-order valence-electron chi connectivity index (χ2n) is 3.58. The fraction of sp³-hybridized carbons (Fsp3) is 0.167. The Kier molecular flexibility index (Phi) is 3.01. The fourth-order valence-electron chi connectivity index (χ4n) is 1.61. The first-order valence-electron chi connectivity index (χ1n) is 4.98. The van der Waals surface area contributed by atoms with Crippen molar-refractivity contribution in [3.8, 4) is 11.3 Å². The lowest BCUT2D eigenvalue weighted by Crippen LogP contribution is -2.03. The van der Waals surface area contributed by atoms with Crippen molar-refractivity contribution < 1.29 is 8.78 Å². The van der Waals surface area contributed by atoms with E-state index in [2.05, 4.69) is 10.3 Å². The van der Waals surface area contributed by atoms with E-state index in [1.165, 1.54) is 12.1 Å². The molecule has 0 saturated heterocycles. The van der Waals surface area contributed by atoms with E-state index >= 15 is 0 Å². The van der Waals surface area contributed by atoms with Crippen LogP contribution in [0.4, 0.5) is 8.78 Å². The Labute approximate surface area is 92.3 Å². The summed E-state index contributed by atoms with van der Waals surface area (Å²) in [7, 11) is 1.84. The quantitative estimate of drug-likeness (QED) is 0.821. The molecule has 0 spiro atoms. The van der Waals surface area contributed by atoms with Crippen LogP contribution in [-0.4, -0.2) is 12.0 Å². The van der Waals surface area contributed by atoms with Gasteiger partial charge in [0.1, 0.15) is 11.6 Å². The summed E-state index contributed by atoms with van der Waals surface area (Å²) in [6.45, 7) is 0.708. The third-order valence-electron chi connectivity index (χ3n) is 2.35. The predicted octanol–water partition coefficient (Wildman–Crippen LogP) is 2.68. The molecule has 1 aromatic heterocycles. The van der Waals surface area contributed by atoms with E-state index in [0.717, 1.165) is 11.6 Å². The standard InChI is InChI=1S/C12H12F2N2/c1-15-6-8-4-12(16-7-8)10-3-2-9(13)5-11(10)14/h2-5,7,15-16H,6H2,1H3. The molecule has 2 nitrogen and oxygen atoms in total. The molecule has 2 rings (SSSR count). The van der Waals surface area contributed by atoms with Crippen LogP contribution >= 0.6 is 0 Å². The van der Waals surface area contributed by atoms with Crippen molar-refractivity contribution in [1.82, 2.24) is 10.3 Å². The monoisotopic (exact) mass is 222 g/mol. The van der Waals surface area contributed by atoms with E-state index in [0.29, 0.717) is 17.8 Å². The minimum absolute atomic E-state index is 0.378. The molecule has 0 aliphatic rings. The lowest BCUT2D eigenvalue weighted by Gasteiger charge is -2.00. The minimum Gasteiger partial charge on any atom is -0.361 e. The van der Waals surface area contributed by atoms with Gasteiger partial charge in [0, 0.05) is 30.1 Å². The van der Waals surface area contributed by atoms with E-state index in [9.17, 15) is 8.78 Å². The van der Waals surface area contributed by atoms with Crippen LogP contribution in [-0.2, 0) is 6.54 Å². The van der Waals surface area contributed by atoms with Crippen molar-refractivity contribution in [3.63, 3.8) is 0 Å². The van der Waals surface area contributed by atoms with Gasteiger partial charge >= 0.3 is 0 Å². The zero-order valence-corrected chi connectivity index (χ0v) is 8.85. The maximum Gasteiger partial charge on any atom is 0.135 e. The molecule has 84 valence electrons. The molecule has 0 unspecified atom stereocenters. The summed E-state index contributed by atoms with van der Waals surface area (Å²) in [6.07, 6.45) is 1.80. The van der Waals surface area contributed by atoms with Gasteiger partial charge in [-0.15, -0.1) is 0 Å². The maximum absolute atomic E-state index is 13.5. The van der Waals surface area contributed by atoms with Crippen LogP contribution in [0.2, 0.25) is 0 Å². The first-order valence-corrected chi connectivity index (χ1v) is 4.98. The van der Waals surface area contributed by atoms with E-state index < -0.39 is 11.6 Å². The Morgan fingerprint density at radius 2 is 2.06 bits per heavy atom. The highest BCUT2D eigenvalue weighted by Gasteiger charge is 2.08. The molecule has 0 saturated carbocycles. The summed E-state index contributed by atoms with van der Waals surface area (Å²) >= 11 is 0. The SMILES string of the molecule is CNCc1c[nH]c(-c2ccc(F)cc2F)c1. The van der Waals surface area contributed by atoms with Crippen molar-refractivity contribution in [1.29, 1.82) is 0 Å². The summed E-state index contributed by atoms with van der Waals surface area (Å²) in [5.41, 5.74) is 2.06. The zero-order chi connectivity index (χ0) is 11.5. The number of aromatic amines is 1. The predicted molar refractivity (Wildman–Crippen MR) is 58.9 cm³/mol. The van der Waals surface area contributed by atoms with Crippen molar-refractivity contribution in [2.75, 3.05) is 7.05 Å². The number of halogens is 2. The van der Waals surface area contributed by atoms with E-state index in [-0.39, 0.29) is 0 Å². The smallest absolute Gasteiger partial charge is 0.135 e. The Balaban J connectivity index is 2.35. The van der Waals surface area contributed by atoms with Crippen LogP contribution in [0.1, 0.15) is 5.56 Å². The van der Waals surface area contributed by atoms with Crippen molar-refractivity contribution in [2.45, 2.75) is 6.54 Å². The molecule has 0 aliphatic heterocycles. The largest absolute Gasteiger partial charge is 0.361 e. The molecular weight excluding hydrogens is 210 g/mol. The average molecular weight is 222 g/mol. The lowest BCUT2D eigenvalue weighted by molar-refractivity contribution is 0.585. The molecule has 0 aliphatic carbocycles. The fourth-order valence-corrected chi connectivity index (χ4v) is 1.61. The van der Waals surface area contributed by atoms with Crippen molar-refractivity contribution >= 4 is 0 Å². The summed E-state index contributed by atoms with van der Waals surface area (Å²) in [5, 5.41) is 3.00. The number of rotatable bonds is 3.